The predicted octanol–water partition coefficient (Wildman–Crippen LogP) is 3.83. The van der Waals surface area contributed by atoms with Gasteiger partial charge in [0.15, 0.2) is 17.2 Å². The number of fused-ring (bicyclic) bond motifs is 1. The van der Waals surface area contributed by atoms with Gasteiger partial charge in [-0.1, -0.05) is 0 Å². The lowest BCUT2D eigenvalue weighted by atomic mass is 10.2. The maximum absolute atomic E-state index is 13.7. The van der Waals surface area contributed by atoms with Gasteiger partial charge in [-0.25, -0.2) is 8.78 Å². The van der Waals surface area contributed by atoms with Crippen LogP contribution in [0.3, 0.4) is 0 Å². The Hall–Kier alpha value is -2.78. The minimum absolute atomic E-state index is 0.0910. The fraction of sp³-hybridized carbons (Fsp3) is 0.214. The third-order valence-corrected chi connectivity index (χ3v) is 3.40. The van der Waals surface area contributed by atoms with Crippen LogP contribution in [0.15, 0.2) is 18.2 Å². The maximum atomic E-state index is 13.7. The molecule has 0 N–H and O–H groups in total. The van der Waals surface area contributed by atoms with Crippen molar-refractivity contribution in [2.24, 2.45) is 0 Å². The van der Waals surface area contributed by atoms with Gasteiger partial charge in [-0.3, -0.25) is 0 Å². The standard InChI is InChI=1S/C14H9F5N4O/c1-6-7(2)12(24-10-4-3-8(15)5-9(10)16)22-23-11(6)20-21-13(23)14(17,18)19/h3-5H,1-2H3. The average Bonchev–Trinajstić information content (AvgIpc) is 2.91. The molecule has 3 aromatic rings. The summed E-state index contributed by atoms with van der Waals surface area (Å²) in [6, 6.07) is 2.57. The molecule has 2 aromatic heterocycles. The van der Waals surface area contributed by atoms with Crippen LogP contribution in [-0.4, -0.2) is 19.8 Å². The molecule has 2 heterocycles. The summed E-state index contributed by atoms with van der Waals surface area (Å²) >= 11 is 0. The van der Waals surface area contributed by atoms with Crippen LogP contribution in [0.5, 0.6) is 11.6 Å². The van der Waals surface area contributed by atoms with E-state index in [9.17, 15) is 22.0 Å². The highest BCUT2D eigenvalue weighted by molar-refractivity contribution is 5.53. The monoisotopic (exact) mass is 344 g/mol. The lowest BCUT2D eigenvalue weighted by molar-refractivity contribution is -0.146. The molecule has 5 nitrogen and oxygen atoms in total. The van der Waals surface area contributed by atoms with Crippen LogP contribution in [0.25, 0.3) is 5.65 Å². The number of aromatic nitrogens is 4. The fourth-order valence-corrected chi connectivity index (χ4v) is 2.04. The van der Waals surface area contributed by atoms with Gasteiger partial charge in [-0.15, -0.1) is 15.3 Å². The highest BCUT2D eigenvalue weighted by Gasteiger charge is 2.38. The number of aryl methyl sites for hydroxylation is 1. The number of rotatable bonds is 2. The van der Waals surface area contributed by atoms with E-state index in [0.29, 0.717) is 21.7 Å². The smallest absolute Gasteiger partial charge is 0.434 e. The van der Waals surface area contributed by atoms with Gasteiger partial charge < -0.3 is 4.74 Å². The van der Waals surface area contributed by atoms with Crippen LogP contribution in [-0.2, 0) is 6.18 Å². The summed E-state index contributed by atoms with van der Waals surface area (Å²) in [4.78, 5) is 0. The van der Waals surface area contributed by atoms with Crippen LogP contribution in [0.2, 0.25) is 0 Å². The SMILES string of the molecule is Cc1c(Oc2ccc(F)cc2F)nn2c(C(F)(F)F)nnc2c1C. The van der Waals surface area contributed by atoms with Crippen molar-refractivity contribution in [2.75, 3.05) is 0 Å². The van der Waals surface area contributed by atoms with Gasteiger partial charge in [-0.05, 0) is 26.0 Å². The van der Waals surface area contributed by atoms with Gasteiger partial charge in [-0.2, -0.15) is 17.7 Å². The van der Waals surface area contributed by atoms with Crippen molar-refractivity contribution < 1.29 is 26.7 Å². The normalized spacial score (nSPS) is 12.0. The van der Waals surface area contributed by atoms with Gasteiger partial charge >= 0.3 is 6.18 Å². The Bertz CT molecular complexity index is 935. The largest absolute Gasteiger partial charge is 0.453 e. The van der Waals surface area contributed by atoms with Gasteiger partial charge in [0.1, 0.15) is 5.82 Å². The second-order valence-corrected chi connectivity index (χ2v) is 4.99. The van der Waals surface area contributed by atoms with Crippen molar-refractivity contribution in [2.45, 2.75) is 20.0 Å². The molecule has 0 aliphatic heterocycles. The first-order chi connectivity index (χ1) is 11.2. The van der Waals surface area contributed by atoms with Crippen molar-refractivity contribution in [3.63, 3.8) is 0 Å². The number of halogens is 5. The Morgan fingerprint density at radius 2 is 1.75 bits per heavy atom. The van der Waals surface area contributed by atoms with Crippen LogP contribution in [0.4, 0.5) is 22.0 Å². The predicted molar refractivity (Wildman–Crippen MR) is 71.7 cm³/mol. The van der Waals surface area contributed by atoms with E-state index in [1.807, 2.05) is 0 Å². The zero-order chi connectivity index (χ0) is 17.6. The second-order valence-electron chi connectivity index (χ2n) is 4.99. The number of hydrogen-bond donors (Lipinski definition) is 0. The van der Waals surface area contributed by atoms with Crippen molar-refractivity contribution >= 4 is 5.65 Å². The third kappa shape index (κ3) is 2.63. The van der Waals surface area contributed by atoms with Gasteiger partial charge in [0, 0.05) is 17.2 Å². The molecule has 0 bridgehead atoms. The van der Waals surface area contributed by atoms with E-state index in [2.05, 4.69) is 15.3 Å². The first kappa shape index (κ1) is 16.1. The highest BCUT2D eigenvalue weighted by Crippen LogP contribution is 2.32. The quantitative estimate of drug-likeness (QED) is 0.663. The lowest BCUT2D eigenvalue weighted by Crippen LogP contribution is -2.13. The molecular weight excluding hydrogens is 335 g/mol. The third-order valence-electron chi connectivity index (χ3n) is 3.40. The van der Waals surface area contributed by atoms with E-state index >= 15 is 0 Å². The molecule has 24 heavy (non-hydrogen) atoms. The van der Waals surface area contributed by atoms with Crippen molar-refractivity contribution in [1.29, 1.82) is 0 Å². The zero-order valence-corrected chi connectivity index (χ0v) is 12.3. The van der Waals surface area contributed by atoms with Crippen LogP contribution < -0.4 is 4.74 Å². The lowest BCUT2D eigenvalue weighted by Gasteiger charge is -2.12. The molecular formula is C14H9F5N4O. The molecule has 3 rings (SSSR count). The van der Waals surface area contributed by atoms with Crippen molar-refractivity contribution in [3.8, 4) is 11.6 Å². The van der Waals surface area contributed by atoms with Crippen LogP contribution in [0, 0.1) is 25.5 Å². The number of alkyl halides is 3. The molecule has 0 unspecified atom stereocenters. The summed E-state index contributed by atoms with van der Waals surface area (Å²) in [6.45, 7) is 3.04. The maximum Gasteiger partial charge on any atom is 0.453 e. The summed E-state index contributed by atoms with van der Waals surface area (Å²) < 4.78 is 71.2. The minimum Gasteiger partial charge on any atom is -0.434 e. The van der Waals surface area contributed by atoms with E-state index < -0.39 is 23.6 Å². The Morgan fingerprint density at radius 1 is 1.04 bits per heavy atom. The number of hydrogen-bond acceptors (Lipinski definition) is 4. The zero-order valence-electron chi connectivity index (χ0n) is 12.3. The number of ether oxygens (including phenoxy) is 1. The average molecular weight is 344 g/mol. The van der Waals surface area contributed by atoms with Gasteiger partial charge in [0.05, 0.1) is 0 Å². The van der Waals surface area contributed by atoms with E-state index in [1.165, 1.54) is 13.8 Å². The molecule has 0 radical (unpaired) electrons. The summed E-state index contributed by atoms with van der Waals surface area (Å²) in [5, 5.41) is 10.3. The van der Waals surface area contributed by atoms with Crippen LogP contribution >= 0.6 is 0 Å². The van der Waals surface area contributed by atoms with E-state index in [4.69, 9.17) is 4.74 Å². The minimum atomic E-state index is -4.77. The van der Waals surface area contributed by atoms with Gasteiger partial charge in [0.25, 0.3) is 5.82 Å². The summed E-state index contributed by atoms with van der Waals surface area (Å²) in [5.41, 5.74) is 0.602. The van der Waals surface area contributed by atoms with Crippen molar-refractivity contribution in [1.82, 2.24) is 19.8 Å². The van der Waals surface area contributed by atoms with E-state index in [-0.39, 0.29) is 17.3 Å². The molecule has 0 fully saturated rings. The molecule has 0 amide bonds. The summed E-state index contributed by atoms with van der Waals surface area (Å²) in [6.07, 6.45) is -4.77. The Kier molecular flexibility index (Phi) is 3.61. The highest BCUT2D eigenvalue weighted by atomic mass is 19.4. The topological polar surface area (TPSA) is 52.3 Å². The summed E-state index contributed by atoms with van der Waals surface area (Å²) in [7, 11) is 0. The first-order valence-corrected chi connectivity index (χ1v) is 6.61. The Morgan fingerprint density at radius 3 is 2.38 bits per heavy atom. The first-order valence-electron chi connectivity index (χ1n) is 6.61. The summed E-state index contributed by atoms with van der Waals surface area (Å²) in [5.74, 6) is -3.78. The Balaban J connectivity index is 2.15. The molecule has 0 spiro atoms. The van der Waals surface area contributed by atoms with E-state index in [0.717, 1.165) is 12.1 Å². The van der Waals surface area contributed by atoms with Crippen LogP contribution in [0.1, 0.15) is 17.0 Å². The fourth-order valence-electron chi connectivity index (χ4n) is 2.04. The molecule has 0 saturated carbocycles. The molecule has 0 atom stereocenters. The van der Waals surface area contributed by atoms with Gasteiger partial charge in [0.2, 0.25) is 5.88 Å². The molecule has 0 aliphatic rings. The molecule has 10 heteroatoms. The molecule has 126 valence electrons. The molecule has 0 saturated heterocycles. The number of benzene rings is 1. The molecule has 1 aromatic carbocycles. The van der Waals surface area contributed by atoms with E-state index in [1.54, 1.807) is 0 Å². The van der Waals surface area contributed by atoms with Crippen molar-refractivity contribution in [3.05, 3.63) is 46.8 Å². The molecule has 0 aliphatic carbocycles. The number of nitrogens with zero attached hydrogens (tertiary/aromatic N) is 4. The second kappa shape index (κ2) is 5.39. The Labute approximate surface area is 131 Å².